The number of nitrogens with zero attached hydrogens (tertiary/aromatic N) is 1. The molecule has 0 spiro atoms. The summed E-state index contributed by atoms with van der Waals surface area (Å²) in [6.07, 6.45) is 0. The number of rotatable bonds is 6. The molecule has 0 aromatic carbocycles. The standard InChI is InChI=1S/C13H16N2O5S2/c1-8-4-5-10(20-8)13-14-9(2)11(21-13)12(16)15-22(17,18)7-6-19-3/h4-5H,6-7H2,1-3H3,(H,15,16). The summed E-state index contributed by atoms with van der Waals surface area (Å²) in [5, 5.41) is 0.532. The first-order chi connectivity index (χ1) is 10.3. The summed E-state index contributed by atoms with van der Waals surface area (Å²) in [5.41, 5.74) is 0.452. The summed E-state index contributed by atoms with van der Waals surface area (Å²) in [5.74, 6) is 0.306. The Hall–Kier alpha value is -1.71. The van der Waals surface area contributed by atoms with Crippen molar-refractivity contribution in [2.45, 2.75) is 13.8 Å². The number of carbonyl (C=O) groups excluding carboxylic acids is 1. The largest absolute Gasteiger partial charge is 0.459 e. The predicted octanol–water partition coefficient (Wildman–Crippen LogP) is 1.73. The van der Waals surface area contributed by atoms with Crippen molar-refractivity contribution in [1.82, 2.24) is 9.71 Å². The highest BCUT2D eigenvalue weighted by Crippen LogP contribution is 2.29. The van der Waals surface area contributed by atoms with Crippen molar-refractivity contribution in [3.05, 3.63) is 28.5 Å². The van der Waals surface area contributed by atoms with Gasteiger partial charge in [-0.05, 0) is 26.0 Å². The van der Waals surface area contributed by atoms with Crippen molar-refractivity contribution < 1.29 is 22.4 Å². The number of ether oxygens (including phenoxy) is 1. The lowest BCUT2D eigenvalue weighted by atomic mass is 10.4. The highest BCUT2D eigenvalue weighted by molar-refractivity contribution is 7.90. The Bertz CT molecular complexity index is 776. The summed E-state index contributed by atoms with van der Waals surface area (Å²) in [6.45, 7) is 3.47. The number of furan rings is 1. The Morgan fingerprint density at radius 2 is 2.14 bits per heavy atom. The molecule has 2 aromatic heterocycles. The summed E-state index contributed by atoms with van der Waals surface area (Å²) >= 11 is 1.09. The van der Waals surface area contributed by atoms with Gasteiger partial charge in [-0.15, -0.1) is 11.3 Å². The van der Waals surface area contributed by atoms with Crippen LogP contribution in [0.5, 0.6) is 0 Å². The first-order valence-corrected chi connectivity index (χ1v) is 8.87. The van der Waals surface area contributed by atoms with Crippen LogP contribution in [-0.2, 0) is 14.8 Å². The molecule has 2 aromatic rings. The van der Waals surface area contributed by atoms with Crippen LogP contribution in [0.2, 0.25) is 0 Å². The fraction of sp³-hybridized carbons (Fsp3) is 0.385. The third-order valence-corrected chi connectivity index (χ3v) is 5.13. The van der Waals surface area contributed by atoms with Gasteiger partial charge in [0.15, 0.2) is 10.8 Å². The zero-order valence-corrected chi connectivity index (χ0v) is 14.0. The van der Waals surface area contributed by atoms with Gasteiger partial charge in [0.2, 0.25) is 10.0 Å². The molecule has 7 nitrogen and oxygen atoms in total. The summed E-state index contributed by atoms with van der Waals surface area (Å²) < 4.78 is 35.6. The molecule has 0 unspecified atom stereocenters. The summed E-state index contributed by atoms with van der Waals surface area (Å²) in [6, 6.07) is 3.55. The monoisotopic (exact) mass is 344 g/mol. The Balaban J connectivity index is 2.19. The van der Waals surface area contributed by atoms with Gasteiger partial charge >= 0.3 is 0 Å². The first kappa shape index (κ1) is 16.7. The number of aryl methyl sites for hydroxylation is 2. The van der Waals surface area contributed by atoms with E-state index in [1.165, 1.54) is 7.11 Å². The van der Waals surface area contributed by atoms with Crippen LogP contribution in [0.3, 0.4) is 0 Å². The van der Waals surface area contributed by atoms with Gasteiger partial charge in [-0.2, -0.15) is 0 Å². The van der Waals surface area contributed by atoms with Crippen molar-refractivity contribution in [2.75, 3.05) is 19.5 Å². The topological polar surface area (TPSA) is 98.5 Å². The predicted molar refractivity (Wildman–Crippen MR) is 82.4 cm³/mol. The van der Waals surface area contributed by atoms with E-state index in [1.54, 1.807) is 26.0 Å². The van der Waals surface area contributed by atoms with E-state index in [9.17, 15) is 13.2 Å². The molecule has 9 heteroatoms. The van der Waals surface area contributed by atoms with E-state index in [2.05, 4.69) is 4.98 Å². The minimum absolute atomic E-state index is 0.0151. The SMILES string of the molecule is COCCS(=O)(=O)NC(=O)c1sc(-c2ccc(C)o2)nc1C. The second kappa shape index (κ2) is 6.59. The quantitative estimate of drug-likeness (QED) is 0.857. The van der Waals surface area contributed by atoms with E-state index in [1.807, 2.05) is 4.72 Å². The summed E-state index contributed by atoms with van der Waals surface area (Å²) in [7, 11) is -2.34. The average Bonchev–Trinajstić information content (AvgIpc) is 3.02. The normalized spacial score (nSPS) is 11.6. The number of carbonyl (C=O) groups is 1. The van der Waals surface area contributed by atoms with Crippen molar-refractivity contribution in [2.24, 2.45) is 0 Å². The second-order valence-corrected chi connectivity index (χ2v) is 7.43. The number of sulfonamides is 1. The Labute approximate surface area is 132 Å². The Morgan fingerprint density at radius 1 is 1.41 bits per heavy atom. The lowest BCUT2D eigenvalue weighted by molar-refractivity contribution is 0.0984. The lowest BCUT2D eigenvalue weighted by Gasteiger charge is -2.05. The zero-order chi connectivity index (χ0) is 16.3. The third kappa shape index (κ3) is 3.93. The average molecular weight is 344 g/mol. The van der Waals surface area contributed by atoms with Gasteiger partial charge in [-0.3, -0.25) is 4.79 Å². The van der Waals surface area contributed by atoms with E-state index >= 15 is 0 Å². The molecule has 0 fully saturated rings. The van der Waals surface area contributed by atoms with Gasteiger partial charge in [-0.1, -0.05) is 0 Å². The fourth-order valence-corrected chi connectivity index (χ4v) is 3.55. The van der Waals surface area contributed by atoms with Crippen LogP contribution in [0.4, 0.5) is 0 Å². The molecule has 1 amide bonds. The van der Waals surface area contributed by atoms with E-state index in [-0.39, 0.29) is 17.2 Å². The van der Waals surface area contributed by atoms with Crippen LogP contribution in [0.25, 0.3) is 10.8 Å². The van der Waals surface area contributed by atoms with E-state index in [4.69, 9.17) is 9.15 Å². The molecule has 0 bridgehead atoms. The number of hydrogen-bond donors (Lipinski definition) is 1. The molecule has 0 aliphatic rings. The van der Waals surface area contributed by atoms with Gasteiger partial charge in [0, 0.05) is 7.11 Å². The van der Waals surface area contributed by atoms with Gasteiger partial charge in [0.1, 0.15) is 10.6 Å². The van der Waals surface area contributed by atoms with Crippen LogP contribution in [0.15, 0.2) is 16.5 Å². The number of nitrogens with one attached hydrogen (secondary N) is 1. The number of thiazole rings is 1. The molecule has 22 heavy (non-hydrogen) atoms. The maximum Gasteiger partial charge on any atom is 0.276 e. The minimum Gasteiger partial charge on any atom is -0.459 e. The molecule has 2 heterocycles. The number of methoxy groups -OCH3 is 1. The number of hydrogen-bond acceptors (Lipinski definition) is 7. The van der Waals surface area contributed by atoms with E-state index in [0.717, 1.165) is 17.1 Å². The van der Waals surface area contributed by atoms with Crippen molar-refractivity contribution in [3.63, 3.8) is 0 Å². The number of amides is 1. The van der Waals surface area contributed by atoms with Gasteiger partial charge < -0.3 is 9.15 Å². The van der Waals surface area contributed by atoms with Gasteiger partial charge in [0.05, 0.1) is 18.1 Å². The molecule has 0 atom stereocenters. The molecular weight excluding hydrogens is 328 g/mol. The lowest BCUT2D eigenvalue weighted by Crippen LogP contribution is -2.33. The maximum atomic E-state index is 12.1. The highest BCUT2D eigenvalue weighted by Gasteiger charge is 2.22. The minimum atomic E-state index is -3.73. The number of aromatic nitrogens is 1. The van der Waals surface area contributed by atoms with E-state index in [0.29, 0.717) is 16.5 Å². The molecular formula is C13H16N2O5S2. The molecule has 0 aliphatic heterocycles. The van der Waals surface area contributed by atoms with Crippen LogP contribution in [0.1, 0.15) is 21.1 Å². The molecule has 2 rings (SSSR count). The van der Waals surface area contributed by atoms with Crippen LogP contribution in [-0.4, -0.2) is 38.8 Å². The van der Waals surface area contributed by atoms with E-state index < -0.39 is 15.9 Å². The molecule has 0 radical (unpaired) electrons. The molecule has 0 saturated heterocycles. The molecule has 0 saturated carbocycles. The van der Waals surface area contributed by atoms with Crippen molar-refractivity contribution >= 4 is 27.3 Å². The molecule has 1 N–H and O–H groups in total. The van der Waals surface area contributed by atoms with Gasteiger partial charge in [-0.25, -0.2) is 18.1 Å². The zero-order valence-electron chi connectivity index (χ0n) is 12.4. The van der Waals surface area contributed by atoms with Gasteiger partial charge in [0.25, 0.3) is 5.91 Å². The van der Waals surface area contributed by atoms with Crippen LogP contribution in [0, 0.1) is 13.8 Å². The maximum absolute atomic E-state index is 12.1. The summed E-state index contributed by atoms with van der Waals surface area (Å²) in [4.78, 5) is 16.6. The van der Waals surface area contributed by atoms with Crippen LogP contribution < -0.4 is 4.72 Å². The Kier molecular flexibility index (Phi) is 4.99. The Morgan fingerprint density at radius 3 is 2.73 bits per heavy atom. The smallest absolute Gasteiger partial charge is 0.276 e. The van der Waals surface area contributed by atoms with Crippen molar-refractivity contribution in [1.29, 1.82) is 0 Å². The molecule has 120 valence electrons. The van der Waals surface area contributed by atoms with Crippen molar-refractivity contribution in [3.8, 4) is 10.8 Å². The highest BCUT2D eigenvalue weighted by atomic mass is 32.2. The second-order valence-electron chi connectivity index (χ2n) is 4.59. The first-order valence-electron chi connectivity index (χ1n) is 6.40. The van der Waals surface area contributed by atoms with Crippen LogP contribution >= 0.6 is 11.3 Å². The third-order valence-electron chi connectivity index (χ3n) is 2.76. The molecule has 0 aliphatic carbocycles. The fourth-order valence-electron chi connectivity index (χ4n) is 1.69.